The molecule has 1 unspecified atom stereocenters. The molecule has 10 heteroatoms. The van der Waals surface area contributed by atoms with E-state index in [0.29, 0.717) is 5.69 Å². The maximum atomic E-state index is 12.1. The first-order chi connectivity index (χ1) is 9.79. The minimum atomic E-state index is -3.92. The molecule has 4 N–H and O–H groups in total. The van der Waals surface area contributed by atoms with E-state index < -0.39 is 27.9 Å². The van der Waals surface area contributed by atoms with Gasteiger partial charge in [0.05, 0.1) is 5.69 Å². The van der Waals surface area contributed by atoms with Crippen molar-refractivity contribution in [2.24, 2.45) is 5.73 Å². The number of pyridine rings is 1. The van der Waals surface area contributed by atoms with Gasteiger partial charge in [0.1, 0.15) is 15.9 Å². The van der Waals surface area contributed by atoms with Crippen LogP contribution in [0.25, 0.3) is 0 Å². The number of carbonyl (C=O) groups excluding carboxylic acids is 2. The first kappa shape index (κ1) is 15.5. The maximum Gasteiger partial charge on any atom is 0.244 e. The van der Waals surface area contributed by atoms with Crippen LogP contribution in [0.1, 0.15) is 18.5 Å². The largest absolute Gasteiger partial charge is 0.388 e. The van der Waals surface area contributed by atoms with Crippen molar-refractivity contribution in [3.05, 3.63) is 24.0 Å². The van der Waals surface area contributed by atoms with E-state index in [0.717, 1.165) is 6.20 Å². The summed E-state index contributed by atoms with van der Waals surface area (Å²) in [6.07, 6.45) is 1.29. The van der Waals surface area contributed by atoms with E-state index in [-0.39, 0.29) is 22.7 Å². The summed E-state index contributed by atoms with van der Waals surface area (Å²) >= 11 is 4.72. The lowest BCUT2D eigenvalue weighted by atomic mass is 10.1. The average molecular weight is 328 g/mol. The SMILES string of the molecule is NC(=S)c1ccc(S(=O)(=O)NC2CCC(=O)NC2=O)cn1. The van der Waals surface area contributed by atoms with Crippen molar-refractivity contribution in [1.82, 2.24) is 15.0 Å². The van der Waals surface area contributed by atoms with Gasteiger partial charge in [-0.15, -0.1) is 0 Å². The molecule has 1 saturated heterocycles. The molecule has 1 fully saturated rings. The number of hydrogen-bond donors (Lipinski definition) is 3. The Hall–Kier alpha value is -1.91. The van der Waals surface area contributed by atoms with Gasteiger partial charge in [-0.1, -0.05) is 12.2 Å². The zero-order valence-corrected chi connectivity index (χ0v) is 12.3. The zero-order valence-electron chi connectivity index (χ0n) is 10.7. The number of sulfonamides is 1. The summed E-state index contributed by atoms with van der Waals surface area (Å²) in [7, 11) is -3.92. The smallest absolute Gasteiger partial charge is 0.244 e. The van der Waals surface area contributed by atoms with Crippen LogP contribution in [0, 0.1) is 0 Å². The molecule has 0 saturated carbocycles. The number of amides is 2. The fourth-order valence-electron chi connectivity index (χ4n) is 1.75. The molecule has 0 aliphatic carbocycles. The molecule has 112 valence electrons. The molecular formula is C11H12N4O4S2. The number of piperidine rings is 1. The van der Waals surface area contributed by atoms with Crippen LogP contribution in [0.5, 0.6) is 0 Å². The lowest BCUT2D eigenvalue weighted by Crippen LogP contribution is -2.52. The molecule has 2 amide bonds. The van der Waals surface area contributed by atoms with Crippen molar-refractivity contribution in [3.63, 3.8) is 0 Å². The van der Waals surface area contributed by atoms with Crippen LogP contribution in [0.15, 0.2) is 23.2 Å². The minimum Gasteiger partial charge on any atom is -0.388 e. The van der Waals surface area contributed by atoms with E-state index in [1.807, 2.05) is 0 Å². The first-order valence-electron chi connectivity index (χ1n) is 5.91. The number of hydrogen-bond acceptors (Lipinski definition) is 6. The summed E-state index contributed by atoms with van der Waals surface area (Å²) < 4.78 is 26.5. The van der Waals surface area contributed by atoms with E-state index in [9.17, 15) is 18.0 Å². The molecule has 1 aromatic rings. The summed E-state index contributed by atoms with van der Waals surface area (Å²) in [4.78, 5) is 26.3. The van der Waals surface area contributed by atoms with Gasteiger partial charge >= 0.3 is 0 Å². The van der Waals surface area contributed by atoms with E-state index in [2.05, 4.69) is 15.0 Å². The van der Waals surface area contributed by atoms with E-state index in [4.69, 9.17) is 18.0 Å². The van der Waals surface area contributed by atoms with Gasteiger partial charge in [-0.3, -0.25) is 19.9 Å². The summed E-state index contributed by atoms with van der Waals surface area (Å²) in [5.74, 6) is -1.08. The van der Waals surface area contributed by atoms with Crippen LogP contribution in [0.4, 0.5) is 0 Å². The lowest BCUT2D eigenvalue weighted by Gasteiger charge is -2.21. The highest BCUT2D eigenvalue weighted by Gasteiger charge is 2.30. The maximum absolute atomic E-state index is 12.1. The van der Waals surface area contributed by atoms with Crippen LogP contribution < -0.4 is 15.8 Å². The second kappa shape index (κ2) is 5.84. The molecule has 1 atom stereocenters. The van der Waals surface area contributed by atoms with Gasteiger partial charge in [0.2, 0.25) is 21.8 Å². The number of aromatic nitrogens is 1. The number of thiocarbonyl (C=S) groups is 1. The molecule has 2 heterocycles. The fourth-order valence-corrected chi connectivity index (χ4v) is 3.04. The molecule has 0 aromatic carbocycles. The Morgan fingerprint density at radius 2 is 2.14 bits per heavy atom. The molecule has 1 aliphatic rings. The quantitative estimate of drug-likeness (QED) is 0.467. The highest BCUT2D eigenvalue weighted by molar-refractivity contribution is 7.89. The van der Waals surface area contributed by atoms with Gasteiger partial charge in [-0.2, -0.15) is 4.72 Å². The van der Waals surface area contributed by atoms with Gasteiger partial charge in [-0.25, -0.2) is 8.42 Å². The van der Waals surface area contributed by atoms with Crippen LogP contribution in [-0.4, -0.2) is 36.2 Å². The molecule has 8 nitrogen and oxygen atoms in total. The molecule has 1 aromatic heterocycles. The highest BCUT2D eigenvalue weighted by atomic mass is 32.2. The van der Waals surface area contributed by atoms with Crippen LogP contribution in [0.3, 0.4) is 0 Å². The highest BCUT2D eigenvalue weighted by Crippen LogP contribution is 2.12. The molecule has 21 heavy (non-hydrogen) atoms. The predicted octanol–water partition coefficient (Wildman–Crippen LogP) is -1.20. The van der Waals surface area contributed by atoms with Crippen LogP contribution >= 0.6 is 12.2 Å². The van der Waals surface area contributed by atoms with Crippen molar-refractivity contribution < 1.29 is 18.0 Å². The summed E-state index contributed by atoms with van der Waals surface area (Å²) in [6.45, 7) is 0. The number of carbonyl (C=O) groups is 2. The number of nitrogens with two attached hydrogens (primary N) is 1. The van der Waals surface area contributed by atoms with Crippen molar-refractivity contribution in [2.75, 3.05) is 0 Å². The molecular weight excluding hydrogens is 316 g/mol. The molecule has 1 aliphatic heterocycles. The van der Waals surface area contributed by atoms with Crippen molar-refractivity contribution >= 4 is 39.0 Å². The topological polar surface area (TPSA) is 131 Å². The van der Waals surface area contributed by atoms with Gasteiger partial charge in [0.25, 0.3) is 0 Å². The molecule has 2 rings (SSSR count). The second-order valence-electron chi connectivity index (χ2n) is 4.37. The Balaban J connectivity index is 2.16. The summed E-state index contributed by atoms with van der Waals surface area (Å²) in [5.41, 5.74) is 5.67. The van der Waals surface area contributed by atoms with Gasteiger partial charge < -0.3 is 5.73 Å². The van der Waals surface area contributed by atoms with E-state index in [1.54, 1.807) is 0 Å². The third kappa shape index (κ3) is 3.60. The van der Waals surface area contributed by atoms with E-state index >= 15 is 0 Å². The first-order valence-corrected chi connectivity index (χ1v) is 7.80. The lowest BCUT2D eigenvalue weighted by molar-refractivity contribution is -0.134. The van der Waals surface area contributed by atoms with Gasteiger partial charge in [0.15, 0.2) is 0 Å². The molecule has 0 spiro atoms. The Bertz CT molecular complexity index is 699. The fraction of sp³-hybridized carbons (Fsp3) is 0.273. The Kier molecular flexibility index (Phi) is 4.30. The summed E-state index contributed by atoms with van der Waals surface area (Å²) in [6, 6.07) is 1.68. The zero-order chi connectivity index (χ0) is 15.6. The second-order valence-corrected chi connectivity index (χ2v) is 6.52. The number of imide groups is 1. The van der Waals surface area contributed by atoms with Crippen LogP contribution in [-0.2, 0) is 19.6 Å². The Labute approximate surface area is 126 Å². The van der Waals surface area contributed by atoms with Crippen molar-refractivity contribution in [3.8, 4) is 0 Å². The standard InChI is InChI=1S/C11H12N4O4S2/c12-10(20)7-2-1-6(5-13-7)21(18,19)15-8-3-4-9(16)14-11(8)17/h1-2,5,8,15H,3-4H2,(H2,12,20)(H,14,16,17). The number of nitrogens with one attached hydrogen (secondary N) is 2. The molecule has 0 bridgehead atoms. The monoisotopic (exact) mass is 328 g/mol. The third-order valence-corrected chi connectivity index (χ3v) is 4.50. The molecule has 0 radical (unpaired) electrons. The van der Waals surface area contributed by atoms with Crippen molar-refractivity contribution in [2.45, 2.75) is 23.8 Å². The predicted molar refractivity (Wildman–Crippen MR) is 76.6 cm³/mol. The normalized spacial score (nSPS) is 19.1. The average Bonchev–Trinajstić information content (AvgIpc) is 2.42. The van der Waals surface area contributed by atoms with Crippen LogP contribution in [0.2, 0.25) is 0 Å². The third-order valence-electron chi connectivity index (χ3n) is 2.84. The van der Waals surface area contributed by atoms with E-state index in [1.165, 1.54) is 12.1 Å². The Morgan fingerprint density at radius 3 is 2.67 bits per heavy atom. The minimum absolute atomic E-state index is 0.0528. The number of rotatable bonds is 4. The Morgan fingerprint density at radius 1 is 1.43 bits per heavy atom. The van der Waals surface area contributed by atoms with Gasteiger partial charge in [-0.05, 0) is 18.6 Å². The van der Waals surface area contributed by atoms with Crippen molar-refractivity contribution in [1.29, 1.82) is 0 Å². The van der Waals surface area contributed by atoms with Gasteiger partial charge in [0, 0.05) is 12.6 Å². The number of nitrogens with zero attached hydrogens (tertiary/aromatic N) is 1. The summed E-state index contributed by atoms with van der Waals surface area (Å²) in [5, 5.41) is 2.07.